The van der Waals surface area contributed by atoms with E-state index in [1.165, 1.54) is 12.1 Å². The first-order valence-corrected chi connectivity index (χ1v) is 8.12. The summed E-state index contributed by atoms with van der Waals surface area (Å²) >= 11 is 0. The number of nitrogens with one attached hydrogen (secondary N) is 1. The van der Waals surface area contributed by atoms with E-state index in [0.29, 0.717) is 0 Å². The molecule has 0 atom stereocenters. The van der Waals surface area contributed by atoms with Gasteiger partial charge in [-0.2, -0.15) is 0 Å². The summed E-state index contributed by atoms with van der Waals surface area (Å²) in [7, 11) is 4.16. The Bertz CT molecular complexity index is 592. The molecule has 0 radical (unpaired) electrons. The Hall–Kier alpha value is -1.46. The lowest BCUT2D eigenvalue weighted by molar-refractivity contribution is 0.386. The zero-order valence-electron chi connectivity index (χ0n) is 13.9. The minimum absolute atomic E-state index is 0.221. The van der Waals surface area contributed by atoms with Crippen molar-refractivity contribution in [1.29, 1.82) is 0 Å². The molecule has 4 nitrogen and oxygen atoms in total. The van der Waals surface area contributed by atoms with Gasteiger partial charge in [-0.05, 0) is 52.2 Å². The highest BCUT2D eigenvalue weighted by molar-refractivity contribution is 5.76. The molecule has 0 amide bonds. The molecule has 22 heavy (non-hydrogen) atoms. The van der Waals surface area contributed by atoms with Crippen molar-refractivity contribution in [2.75, 3.05) is 33.7 Å². The summed E-state index contributed by atoms with van der Waals surface area (Å²) in [6, 6.07) is 4.89. The first-order chi connectivity index (χ1) is 10.6. The molecular weight excluding hydrogens is 279 g/mol. The SMILES string of the molecule is CCCNCCc1nc2cc(F)ccc2n1CCCN(C)C. The van der Waals surface area contributed by atoms with Crippen LogP contribution in [0, 0.1) is 5.82 Å². The van der Waals surface area contributed by atoms with Crippen LogP contribution in [0.5, 0.6) is 0 Å². The third-order valence-electron chi connectivity index (χ3n) is 3.73. The minimum Gasteiger partial charge on any atom is -0.328 e. The average Bonchev–Trinajstić information content (AvgIpc) is 2.80. The van der Waals surface area contributed by atoms with Crippen molar-refractivity contribution in [3.05, 3.63) is 29.8 Å². The van der Waals surface area contributed by atoms with E-state index in [2.05, 4.69) is 40.8 Å². The lowest BCUT2D eigenvalue weighted by Crippen LogP contribution is -2.20. The molecule has 1 aromatic carbocycles. The maximum absolute atomic E-state index is 13.4. The Morgan fingerprint density at radius 1 is 1.27 bits per heavy atom. The zero-order valence-corrected chi connectivity index (χ0v) is 13.9. The number of benzene rings is 1. The van der Waals surface area contributed by atoms with E-state index in [9.17, 15) is 4.39 Å². The van der Waals surface area contributed by atoms with Gasteiger partial charge in [0.15, 0.2) is 0 Å². The molecular formula is C17H27FN4. The molecule has 0 aliphatic carbocycles. The Labute approximate surface area is 132 Å². The first-order valence-electron chi connectivity index (χ1n) is 8.12. The van der Waals surface area contributed by atoms with Crippen LogP contribution in [0.3, 0.4) is 0 Å². The van der Waals surface area contributed by atoms with Gasteiger partial charge in [-0.15, -0.1) is 0 Å². The van der Waals surface area contributed by atoms with Crippen LogP contribution in [0.15, 0.2) is 18.2 Å². The molecule has 2 aromatic rings. The molecule has 0 unspecified atom stereocenters. The molecule has 1 aromatic heterocycles. The van der Waals surface area contributed by atoms with Gasteiger partial charge in [0.2, 0.25) is 0 Å². The van der Waals surface area contributed by atoms with E-state index in [1.807, 2.05) is 6.07 Å². The molecule has 5 heteroatoms. The van der Waals surface area contributed by atoms with Gasteiger partial charge in [-0.3, -0.25) is 0 Å². The summed E-state index contributed by atoms with van der Waals surface area (Å²) in [5, 5.41) is 3.41. The van der Waals surface area contributed by atoms with Gasteiger partial charge < -0.3 is 14.8 Å². The molecule has 122 valence electrons. The van der Waals surface area contributed by atoms with E-state index in [0.717, 1.165) is 62.3 Å². The Balaban J connectivity index is 2.15. The van der Waals surface area contributed by atoms with Gasteiger partial charge >= 0.3 is 0 Å². The maximum Gasteiger partial charge on any atom is 0.125 e. The highest BCUT2D eigenvalue weighted by atomic mass is 19.1. The van der Waals surface area contributed by atoms with Crippen LogP contribution >= 0.6 is 0 Å². The van der Waals surface area contributed by atoms with Crippen molar-refractivity contribution in [3.63, 3.8) is 0 Å². The topological polar surface area (TPSA) is 33.1 Å². The van der Waals surface area contributed by atoms with Crippen molar-refractivity contribution in [1.82, 2.24) is 19.8 Å². The molecule has 0 aliphatic rings. The van der Waals surface area contributed by atoms with Gasteiger partial charge in [-0.1, -0.05) is 6.92 Å². The van der Waals surface area contributed by atoms with Gasteiger partial charge in [0.05, 0.1) is 11.0 Å². The number of fused-ring (bicyclic) bond motifs is 1. The molecule has 0 aliphatic heterocycles. The summed E-state index contributed by atoms with van der Waals surface area (Å²) < 4.78 is 15.7. The van der Waals surface area contributed by atoms with Crippen LogP contribution in [0.4, 0.5) is 4.39 Å². The van der Waals surface area contributed by atoms with E-state index in [-0.39, 0.29) is 5.82 Å². The molecule has 2 rings (SSSR count). The van der Waals surface area contributed by atoms with Crippen molar-refractivity contribution in [2.24, 2.45) is 0 Å². The molecule has 0 fully saturated rings. The number of nitrogens with zero attached hydrogens (tertiary/aromatic N) is 3. The maximum atomic E-state index is 13.4. The van der Waals surface area contributed by atoms with Gasteiger partial charge in [0, 0.05) is 25.6 Å². The normalized spacial score (nSPS) is 11.7. The summed E-state index contributed by atoms with van der Waals surface area (Å²) in [5.41, 5.74) is 1.79. The van der Waals surface area contributed by atoms with Crippen LogP contribution in [-0.4, -0.2) is 48.2 Å². The zero-order chi connectivity index (χ0) is 15.9. The second kappa shape index (κ2) is 8.25. The number of imidazole rings is 1. The smallest absolute Gasteiger partial charge is 0.125 e. The van der Waals surface area contributed by atoms with E-state index < -0.39 is 0 Å². The minimum atomic E-state index is -0.221. The number of aryl methyl sites for hydroxylation is 1. The van der Waals surface area contributed by atoms with Crippen LogP contribution in [0.2, 0.25) is 0 Å². The van der Waals surface area contributed by atoms with E-state index in [4.69, 9.17) is 0 Å². The highest BCUT2D eigenvalue weighted by Gasteiger charge is 2.11. The molecule has 0 bridgehead atoms. The van der Waals surface area contributed by atoms with Gasteiger partial charge in [0.1, 0.15) is 11.6 Å². The van der Waals surface area contributed by atoms with Crippen LogP contribution in [0.25, 0.3) is 11.0 Å². The number of aromatic nitrogens is 2. The highest BCUT2D eigenvalue weighted by Crippen LogP contribution is 2.18. The second-order valence-electron chi connectivity index (χ2n) is 5.97. The standard InChI is InChI=1S/C17H27FN4/c1-4-9-19-10-8-17-20-15-13-14(18)6-7-16(15)22(17)12-5-11-21(2)3/h6-7,13,19H,4-5,8-12H2,1-3H3. The number of hydrogen-bond donors (Lipinski definition) is 1. The van der Waals surface area contributed by atoms with Crippen LogP contribution in [0.1, 0.15) is 25.6 Å². The third kappa shape index (κ3) is 4.52. The second-order valence-corrected chi connectivity index (χ2v) is 5.97. The summed E-state index contributed by atoms with van der Waals surface area (Å²) in [5.74, 6) is 0.823. The van der Waals surface area contributed by atoms with Gasteiger partial charge in [-0.25, -0.2) is 9.37 Å². The van der Waals surface area contributed by atoms with Crippen LogP contribution in [-0.2, 0) is 13.0 Å². The summed E-state index contributed by atoms with van der Waals surface area (Å²) in [4.78, 5) is 6.82. The predicted molar refractivity (Wildman–Crippen MR) is 89.7 cm³/mol. The van der Waals surface area contributed by atoms with Crippen molar-refractivity contribution in [3.8, 4) is 0 Å². The van der Waals surface area contributed by atoms with Crippen molar-refractivity contribution in [2.45, 2.75) is 32.7 Å². The summed E-state index contributed by atoms with van der Waals surface area (Å²) in [6.45, 7) is 6.05. The lowest BCUT2D eigenvalue weighted by Gasteiger charge is -2.12. The molecule has 0 saturated carbocycles. The fourth-order valence-electron chi connectivity index (χ4n) is 2.64. The average molecular weight is 306 g/mol. The Kier molecular flexibility index (Phi) is 6.34. The molecule has 0 saturated heterocycles. The molecule has 1 N–H and O–H groups in total. The number of rotatable bonds is 9. The van der Waals surface area contributed by atoms with Crippen LogP contribution < -0.4 is 5.32 Å². The lowest BCUT2D eigenvalue weighted by atomic mass is 10.3. The van der Waals surface area contributed by atoms with Gasteiger partial charge in [0.25, 0.3) is 0 Å². The largest absolute Gasteiger partial charge is 0.328 e. The summed E-state index contributed by atoms with van der Waals surface area (Å²) in [6.07, 6.45) is 3.06. The predicted octanol–water partition coefficient (Wildman–Crippen LogP) is 2.67. The van der Waals surface area contributed by atoms with Crippen molar-refractivity contribution < 1.29 is 4.39 Å². The molecule has 1 heterocycles. The monoisotopic (exact) mass is 306 g/mol. The van der Waals surface area contributed by atoms with E-state index in [1.54, 1.807) is 0 Å². The number of halogens is 1. The number of hydrogen-bond acceptors (Lipinski definition) is 3. The third-order valence-corrected chi connectivity index (χ3v) is 3.73. The Morgan fingerprint density at radius 2 is 2.09 bits per heavy atom. The fourth-order valence-corrected chi connectivity index (χ4v) is 2.64. The molecule has 0 spiro atoms. The van der Waals surface area contributed by atoms with E-state index >= 15 is 0 Å². The fraction of sp³-hybridized carbons (Fsp3) is 0.588. The first kappa shape index (κ1) is 16.9. The van der Waals surface area contributed by atoms with Crippen molar-refractivity contribution >= 4 is 11.0 Å². The Morgan fingerprint density at radius 3 is 2.82 bits per heavy atom. The quantitative estimate of drug-likeness (QED) is 0.723.